The van der Waals surface area contributed by atoms with Crippen molar-refractivity contribution < 1.29 is 5.11 Å². The van der Waals surface area contributed by atoms with Gasteiger partial charge in [0.1, 0.15) is 0 Å². The van der Waals surface area contributed by atoms with Crippen molar-refractivity contribution in [3.8, 4) is 0 Å². The molecule has 1 aromatic carbocycles. The van der Waals surface area contributed by atoms with Gasteiger partial charge in [0.05, 0.1) is 6.61 Å². The Morgan fingerprint density at radius 2 is 1.89 bits per heavy atom. The first-order valence-corrected chi connectivity index (χ1v) is 9.62. The van der Waals surface area contributed by atoms with Gasteiger partial charge in [0.2, 0.25) is 5.95 Å². The van der Waals surface area contributed by atoms with Gasteiger partial charge in [-0.05, 0) is 30.7 Å². The molecule has 8 nitrogen and oxygen atoms in total. The van der Waals surface area contributed by atoms with Gasteiger partial charge in [-0.1, -0.05) is 11.6 Å². The fourth-order valence-electron chi connectivity index (χ4n) is 3.29. The average molecular weight is 400 g/mol. The molecule has 1 saturated heterocycles. The molecule has 2 N–H and O–H groups in total. The number of nitrogens with one attached hydrogen (secondary N) is 1. The zero-order chi connectivity index (χ0) is 19.5. The number of aliphatic hydroxyl groups excluding tert-OH is 1. The van der Waals surface area contributed by atoms with Crippen LogP contribution in [0.25, 0.3) is 11.2 Å². The fourth-order valence-corrected chi connectivity index (χ4v) is 3.52. The topological polar surface area (TPSA) is 90.3 Å². The van der Waals surface area contributed by atoms with Crippen molar-refractivity contribution in [1.29, 1.82) is 0 Å². The van der Waals surface area contributed by atoms with Crippen LogP contribution < -0.4 is 10.2 Å². The molecule has 0 radical (unpaired) electrons. The van der Waals surface area contributed by atoms with Gasteiger partial charge in [-0.25, -0.2) is 9.97 Å². The first-order valence-electron chi connectivity index (χ1n) is 9.24. The van der Waals surface area contributed by atoms with Gasteiger partial charge in [-0.15, -0.1) is 0 Å². The smallest absolute Gasteiger partial charge is 0.229 e. The van der Waals surface area contributed by atoms with Crippen molar-refractivity contribution in [3.05, 3.63) is 41.2 Å². The molecule has 3 heterocycles. The molecule has 0 aliphatic carbocycles. The molecule has 4 rings (SSSR count). The summed E-state index contributed by atoms with van der Waals surface area (Å²) in [6.07, 6.45) is 3.27. The third-order valence-electron chi connectivity index (χ3n) is 4.83. The molecule has 1 fully saturated rings. The SMILES string of the molecule is Cc1cc(Cl)ccc1Nc1nc(N2CCN(CCO)CC2)nc2nccnc12. The minimum absolute atomic E-state index is 0.177. The summed E-state index contributed by atoms with van der Waals surface area (Å²) < 4.78 is 0. The van der Waals surface area contributed by atoms with Crippen LogP contribution in [0.5, 0.6) is 0 Å². The second-order valence-electron chi connectivity index (χ2n) is 6.74. The second kappa shape index (κ2) is 8.22. The Morgan fingerprint density at radius 3 is 2.64 bits per heavy atom. The fraction of sp³-hybridized carbons (Fsp3) is 0.368. The Morgan fingerprint density at radius 1 is 1.11 bits per heavy atom. The second-order valence-corrected chi connectivity index (χ2v) is 7.17. The average Bonchev–Trinajstić information content (AvgIpc) is 2.71. The summed E-state index contributed by atoms with van der Waals surface area (Å²) in [5, 5.41) is 13.2. The van der Waals surface area contributed by atoms with E-state index in [9.17, 15) is 0 Å². The number of benzene rings is 1. The molecular formula is C19H22ClN7O. The lowest BCUT2D eigenvalue weighted by atomic mass is 10.2. The van der Waals surface area contributed by atoms with Crippen LogP contribution in [0.3, 0.4) is 0 Å². The van der Waals surface area contributed by atoms with Gasteiger partial charge in [0.15, 0.2) is 17.0 Å². The highest BCUT2D eigenvalue weighted by Crippen LogP contribution is 2.27. The summed E-state index contributed by atoms with van der Waals surface area (Å²) in [5.41, 5.74) is 3.11. The van der Waals surface area contributed by atoms with Crippen molar-refractivity contribution in [3.63, 3.8) is 0 Å². The Hall–Kier alpha value is -2.55. The maximum Gasteiger partial charge on any atom is 0.229 e. The van der Waals surface area contributed by atoms with Gasteiger partial charge in [0.25, 0.3) is 0 Å². The van der Waals surface area contributed by atoms with E-state index in [1.807, 2.05) is 25.1 Å². The van der Waals surface area contributed by atoms with E-state index in [-0.39, 0.29) is 6.61 Å². The maximum atomic E-state index is 9.12. The number of aliphatic hydroxyl groups is 1. The molecule has 9 heteroatoms. The van der Waals surface area contributed by atoms with Crippen LogP contribution in [0.1, 0.15) is 5.56 Å². The van der Waals surface area contributed by atoms with Gasteiger partial charge >= 0.3 is 0 Å². The molecule has 0 amide bonds. The molecule has 1 aliphatic heterocycles. The minimum Gasteiger partial charge on any atom is -0.395 e. The number of piperazine rings is 1. The number of aryl methyl sites for hydroxylation is 1. The third-order valence-corrected chi connectivity index (χ3v) is 5.07. The summed E-state index contributed by atoms with van der Waals surface area (Å²) in [4.78, 5) is 22.5. The predicted octanol–water partition coefficient (Wildman–Crippen LogP) is 2.24. The van der Waals surface area contributed by atoms with Crippen LogP contribution in [0.4, 0.5) is 17.5 Å². The van der Waals surface area contributed by atoms with Gasteiger partial charge in [-0.2, -0.15) is 9.97 Å². The highest BCUT2D eigenvalue weighted by molar-refractivity contribution is 6.30. The Bertz CT molecular complexity index is 976. The van der Waals surface area contributed by atoms with Gasteiger partial charge < -0.3 is 15.3 Å². The molecule has 2 aromatic heterocycles. The summed E-state index contributed by atoms with van der Waals surface area (Å²) >= 11 is 6.07. The van der Waals surface area contributed by atoms with E-state index >= 15 is 0 Å². The summed E-state index contributed by atoms with van der Waals surface area (Å²) in [6.45, 7) is 6.18. The lowest BCUT2D eigenvalue weighted by Gasteiger charge is -2.34. The van der Waals surface area contributed by atoms with Crippen molar-refractivity contribution in [2.24, 2.45) is 0 Å². The lowest BCUT2D eigenvalue weighted by Crippen LogP contribution is -2.47. The number of nitrogens with zero attached hydrogens (tertiary/aromatic N) is 6. The lowest BCUT2D eigenvalue weighted by molar-refractivity contribution is 0.188. The Kier molecular flexibility index (Phi) is 5.52. The van der Waals surface area contributed by atoms with Crippen LogP contribution in [-0.4, -0.2) is 69.3 Å². The monoisotopic (exact) mass is 399 g/mol. The number of fused-ring (bicyclic) bond motifs is 1. The van der Waals surface area contributed by atoms with E-state index in [0.717, 1.165) is 37.4 Å². The summed E-state index contributed by atoms with van der Waals surface area (Å²) in [7, 11) is 0. The molecule has 28 heavy (non-hydrogen) atoms. The predicted molar refractivity (Wildman–Crippen MR) is 110 cm³/mol. The van der Waals surface area contributed by atoms with Gasteiger partial charge in [-0.3, -0.25) is 4.90 Å². The Balaban J connectivity index is 1.66. The molecule has 0 bridgehead atoms. The minimum atomic E-state index is 0.177. The van der Waals surface area contributed by atoms with Crippen LogP contribution in [0, 0.1) is 6.92 Å². The van der Waals surface area contributed by atoms with E-state index < -0.39 is 0 Å². The number of hydrogen-bond donors (Lipinski definition) is 2. The number of anilines is 3. The largest absolute Gasteiger partial charge is 0.395 e. The summed E-state index contributed by atoms with van der Waals surface area (Å²) in [6, 6.07) is 5.67. The first-order chi connectivity index (χ1) is 13.6. The van der Waals surface area contributed by atoms with Crippen LogP contribution in [0.15, 0.2) is 30.6 Å². The van der Waals surface area contributed by atoms with Gasteiger partial charge in [0, 0.05) is 55.8 Å². The van der Waals surface area contributed by atoms with Crippen LogP contribution in [0.2, 0.25) is 5.02 Å². The number of aromatic nitrogens is 4. The van der Waals surface area contributed by atoms with Crippen molar-refractivity contribution in [2.45, 2.75) is 6.92 Å². The van der Waals surface area contributed by atoms with E-state index in [1.54, 1.807) is 12.4 Å². The first kappa shape index (κ1) is 18.8. The highest BCUT2D eigenvalue weighted by atomic mass is 35.5. The van der Waals surface area contributed by atoms with E-state index in [0.29, 0.717) is 34.5 Å². The maximum absolute atomic E-state index is 9.12. The number of β-amino-alcohol motifs (C(OH)–C–C–N with tert-alkyl or cyclic N) is 1. The van der Waals surface area contributed by atoms with E-state index in [4.69, 9.17) is 21.7 Å². The van der Waals surface area contributed by atoms with Crippen LogP contribution >= 0.6 is 11.6 Å². The summed E-state index contributed by atoms with van der Waals surface area (Å²) in [5.74, 6) is 1.25. The molecule has 3 aromatic rings. The number of hydrogen-bond acceptors (Lipinski definition) is 8. The molecule has 0 unspecified atom stereocenters. The molecule has 0 spiro atoms. The molecule has 0 saturated carbocycles. The Labute approximate surface area is 168 Å². The molecule has 146 valence electrons. The molecule has 0 atom stereocenters. The number of rotatable bonds is 5. The number of halogens is 1. The quantitative estimate of drug-likeness (QED) is 0.675. The highest BCUT2D eigenvalue weighted by Gasteiger charge is 2.21. The zero-order valence-corrected chi connectivity index (χ0v) is 16.4. The van der Waals surface area contributed by atoms with Crippen LogP contribution in [-0.2, 0) is 0 Å². The molecular weight excluding hydrogens is 378 g/mol. The standard InChI is InChI=1S/C19H22ClN7O/c1-13-12-14(20)2-3-15(13)23-18-16-17(22-5-4-21-16)24-19(25-18)27-8-6-26(7-9-27)10-11-28/h2-5,12,28H,6-11H2,1H3,(H,22,23,24,25). The normalized spacial score (nSPS) is 15.2. The van der Waals surface area contributed by atoms with Crippen molar-refractivity contribution >= 4 is 40.2 Å². The third kappa shape index (κ3) is 3.99. The van der Waals surface area contributed by atoms with E-state index in [2.05, 4.69) is 30.1 Å². The van der Waals surface area contributed by atoms with E-state index in [1.165, 1.54) is 0 Å². The van der Waals surface area contributed by atoms with Crippen molar-refractivity contribution in [2.75, 3.05) is 49.5 Å². The molecule has 1 aliphatic rings. The van der Waals surface area contributed by atoms with Crippen molar-refractivity contribution in [1.82, 2.24) is 24.8 Å². The zero-order valence-electron chi connectivity index (χ0n) is 15.6.